The summed E-state index contributed by atoms with van der Waals surface area (Å²) in [6.45, 7) is 5.75. The summed E-state index contributed by atoms with van der Waals surface area (Å²) in [5.41, 5.74) is 3.15. The van der Waals surface area contributed by atoms with Gasteiger partial charge in [0.2, 0.25) is 0 Å². The van der Waals surface area contributed by atoms with Gasteiger partial charge in [0, 0.05) is 31.9 Å². The van der Waals surface area contributed by atoms with E-state index in [2.05, 4.69) is 45.1 Å². The number of aliphatic hydroxyl groups is 1. The Hall–Kier alpha value is -2.07. The largest absolute Gasteiger partial charge is 0.387 e. The Morgan fingerprint density at radius 3 is 2.05 bits per heavy atom. The highest BCUT2D eigenvalue weighted by molar-refractivity contribution is 5.50. The van der Waals surface area contributed by atoms with Gasteiger partial charge in [0.1, 0.15) is 0 Å². The summed E-state index contributed by atoms with van der Waals surface area (Å²) in [5.74, 6) is 0. The third-order valence-corrected chi connectivity index (χ3v) is 3.96. The highest BCUT2D eigenvalue weighted by Crippen LogP contribution is 2.20. The third-order valence-electron chi connectivity index (χ3n) is 3.96. The predicted molar refractivity (Wildman–Crippen MR) is 85.7 cm³/mol. The number of para-hydroxylation sites is 1. The van der Waals surface area contributed by atoms with Crippen LogP contribution in [0.4, 0.5) is 11.4 Å². The van der Waals surface area contributed by atoms with Crippen molar-refractivity contribution in [2.45, 2.75) is 13.0 Å². The van der Waals surface area contributed by atoms with Crippen molar-refractivity contribution in [3.8, 4) is 0 Å². The Morgan fingerprint density at radius 2 is 1.52 bits per heavy atom. The molecule has 1 aromatic carbocycles. The second-order valence-corrected chi connectivity index (χ2v) is 5.43. The first-order valence-electron chi connectivity index (χ1n) is 7.43. The zero-order valence-electron chi connectivity index (χ0n) is 12.3. The van der Waals surface area contributed by atoms with E-state index in [0.29, 0.717) is 0 Å². The lowest BCUT2D eigenvalue weighted by Gasteiger charge is -2.37. The summed E-state index contributed by atoms with van der Waals surface area (Å²) in [5, 5.41) is 9.50. The minimum atomic E-state index is -0.506. The van der Waals surface area contributed by atoms with Gasteiger partial charge in [-0.3, -0.25) is 4.98 Å². The molecule has 4 heteroatoms. The van der Waals surface area contributed by atoms with Crippen LogP contribution in [-0.4, -0.2) is 36.3 Å². The van der Waals surface area contributed by atoms with Gasteiger partial charge >= 0.3 is 0 Å². The van der Waals surface area contributed by atoms with Crippen LogP contribution in [0.2, 0.25) is 0 Å². The van der Waals surface area contributed by atoms with E-state index in [1.54, 1.807) is 6.92 Å². The second-order valence-electron chi connectivity index (χ2n) is 5.43. The van der Waals surface area contributed by atoms with E-state index in [-0.39, 0.29) is 0 Å². The van der Waals surface area contributed by atoms with Crippen molar-refractivity contribution in [3.63, 3.8) is 0 Å². The highest BCUT2D eigenvalue weighted by atomic mass is 16.3. The molecule has 0 radical (unpaired) electrons. The molecule has 21 heavy (non-hydrogen) atoms. The summed E-state index contributed by atoms with van der Waals surface area (Å²) in [6, 6.07) is 14.5. The van der Waals surface area contributed by atoms with Crippen LogP contribution < -0.4 is 9.80 Å². The number of nitrogens with zero attached hydrogens (tertiary/aromatic N) is 3. The highest BCUT2D eigenvalue weighted by Gasteiger charge is 2.17. The standard InChI is InChI=1S/C17H21N3O/c1-14(21)17-8-7-16(13-18-17)20-11-9-19(10-12-20)15-5-3-2-4-6-15/h2-8,13-14,21H,9-12H2,1H3/t14-/m1/s1. The lowest BCUT2D eigenvalue weighted by molar-refractivity contribution is 0.194. The smallest absolute Gasteiger partial charge is 0.0931 e. The molecule has 1 aromatic heterocycles. The van der Waals surface area contributed by atoms with Crippen LogP contribution in [-0.2, 0) is 0 Å². The Morgan fingerprint density at radius 1 is 0.905 bits per heavy atom. The first kappa shape index (κ1) is 13.9. The van der Waals surface area contributed by atoms with E-state index in [4.69, 9.17) is 0 Å². The van der Waals surface area contributed by atoms with Crippen LogP contribution >= 0.6 is 0 Å². The first-order chi connectivity index (χ1) is 10.2. The lowest BCUT2D eigenvalue weighted by Crippen LogP contribution is -2.46. The number of anilines is 2. The monoisotopic (exact) mass is 283 g/mol. The van der Waals surface area contributed by atoms with Gasteiger partial charge in [-0.2, -0.15) is 0 Å². The summed E-state index contributed by atoms with van der Waals surface area (Å²) < 4.78 is 0. The summed E-state index contributed by atoms with van der Waals surface area (Å²) in [7, 11) is 0. The normalized spacial score (nSPS) is 16.9. The van der Waals surface area contributed by atoms with E-state index in [0.717, 1.165) is 37.6 Å². The summed E-state index contributed by atoms with van der Waals surface area (Å²) in [4.78, 5) is 9.08. The molecule has 2 heterocycles. The molecule has 1 aliphatic rings. The molecule has 1 N–H and O–H groups in total. The number of aromatic nitrogens is 1. The maximum absolute atomic E-state index is 9.50. The average Bonchev–Trinajstić information content (AvgIpc) is 2.56. The van der Waals surface area contributed by atoms with Crippen molar-refractivity contribution >= 4 is 11.4 Å². The van der Waals surface area contributed by atoms with Crippen LogP contribution in [0.1, 0.15) is 18.7 Å². The molecule has 0 unspecified atom stereocenters. The predicted octanol–water partition coefficient (Wildman–Crippen LogP) is 2.46. The maximum Gasteiger partial charge on any atom is 0.0931 e. The molecule has 110 valence electrons. The Labute approximate surface area is 125 Å². The van der Waals surface area contributed by atoms with Crippen molar-refractivity contribution < 1.29 is 5.11 Å². The Balaban J connectivity index is 1.63. The molecule has 4 nitrogen and oxygen atoms in total. The summed E-state index contributed by atoms with van der Waals surface area (Å²) in [6.07, 6.45) is 1.36. The van der Waals surface area contributed by atoms with E-state index in [1.165, 1.54) is 5.69 Å². The summed E-state index contributed by atoms with van der Waals surface area (Å²) >= 11 is 0. The SMILES string of the molecule is C[C@@H](O)c1ccc(N2CCN(c3ccccc3)CC2)cn1. The molecule has 3 rings (SSSR count). The number of hydrogen-bond donors (Lipinski definition) is 1. The fourth-order valence-corrected chi connectivity index (χ4v) is 2.69. The van der Waals surface area contributed by atoms with E-state index in [1.807, 2.05) is 18.3 Å². The van der Waals surface area contributed by atoms with Crippen molar-refractivity contribution in [1.29, 1.82) is 0 Å². The molecule has 1 fully saturated rings. The minimum absolute atomic E-state index is 0.506. The third kappa shape index (κ3) is 3.16. The Kier molecular flexibility index (Phi) is 4.06. The number of benzene rings is 1. The molecule has 0 bridgehead atoms. The van der Waals surface area contributed by atoms with Gasteiger partial charge in [0.25, 0.3) is 0 Å². The van der Waals surface area contributed by atoms with Crippen LogP contribution in [0.25, 0.3) is 0 Å². The van der Waals surface area contributed by atoms with Crippen molar-refractivity contribution in [2.24, 2.45) is 0 Å². The molecular formula is C17H21N3O. The number of pyridine rings is 1. The second kappa shape index (κ2) is 6.14. The van der Waals surface area contributed by atoms with Gasteiger partial charge in [-0.05, 0) is 31.2 Å². The van der Waals surface area contributed by atoms with Crippen LogP contribution in [0, 0.1) is 0 Å². The zero-order chi connectivity index (χ0) is 14.7. The van der Waals surface area contributed by atoms with Crippen LogP contribution in [0.15, 0.2) is 48.7 Å². The van der Waals surface area contributed by atoms with Crippen molar-refractivity contribution in [3.05, 3.63) is 54.4 Å². The number of aliphatic hydroxyl groups excluding tert-OH is 1. The molecule has 1 saturated heterocycles. The van der Waals surface area contributed by atoms with E-state index < -0.39 is 6.10 Å². The number of rotatable bonds is 3. The molecule has 1 atom stereocenters. The van der Waals surface area contributed by atoms with Crippen LogP contribution in [0.5, 0.6) is 0 Å². The minimum Gasteiger partial charge on any atom is -0.387 e. The molecule has 0 spiro atoms. The fourth-order valence-electron chi connectivity index (χ4n) is 2.69. The van der Waals surface area contributed by atoms with Crippen molar-refractivity contribution in [2.75, 3.05) is 36.0 Å². The van der Waals surface area contributed by atoms with Gasteiger partial charge in [-0.25, -0.2) is 0 Å². The topological polar surface area (TPSA) is 39.6 Å². The number of hydrogen-bond acceptors (Lipinski definition) is 4. The Bertz CT molecular complexity index is 560. The lowest BCUT2D eigenvalue weighted by atomic mass is 10.2. The quantitative estimate of drug-likeness (QED) is 0.939. The van der Waals surface area contributed by atoms with Crippen molar-refractivity contribution in [1.82, 2.24) is 4.98 Å². The molecule has 1 aliphatic heterocycles. The van der Waals surface area contributed by atoms with Gasteiger partial charge in [-0.1, -0.05) is 18.2 Å². The van der Waals surface area contributed by atoms with Gasteiger partial charge in [0.05, 0.1) is 23.7 Å². The molecule has 2 aromatic rings. The van der Waals surface area contributed by atoms with E-state index >= 15 is 0 Å². The first-order valence-corrected chi connectivity index (χ1v) is 7.43. The van der Waals surface area contributed by atoms with E-state index in [9.17, 15) is 5.11 Å². The fraction of sp³-hybridized carbons (Fsp3) is 0.353. The average molecular weight is 283 g/mol. The van der Waals surface area contributed by atoms with Crippen LogP contribution in [0.3, 0.4) is 0 Å². The molecular weight excluding hydrogens is 262 g/mol. The maximum atomic E-state index is 9.50. The molecule has 0 amide bonds. The van der Waals surface area contributed by atoms with Gasteiger partial charge in [0.15, 0.2) is 0 Å². The number of piperazine rings is 1. The molecule has 0 saturated carbocycles. The zero-order valence-corrected chi connectivity index (χ0v) is 12.3. The van der Waals surface area contributed by atoms with Gasteiger partial charge < -0.3 is 14.9 Å². The van der Waals surface area contributed by atoms with Gasteiger partial charge in [-0.15, -0.1) is 0 Å². The molecule has 0 aliphatic carbocycles.